The minimum atomic E-state index is -3.62. The summed E-state index contributed by atoms with van der Waals surface area (Å²) in [5, 5.41) is 2.96. The zero-order valence-corrected chi connectivity index (χ0v) is 24.1. The van der Waals surface area contributed by atoms with Crippen molar-refractivity contribution in [2.24, 2.45) is 5.41 Å². The predicted octanol–water partition coefficient (Wildman–Crippen LogP) is 3.12. The van der Waals surface area contributed by atoms with Crippen molar-refractivity contribution in [1.29, 1.82) is 0 Å². The molecular formula is C29H39N3O7S. The lowest BCUT2D eigenvalue weighted by molar-refractivity contribution is -0.145. The van der Waals surface area contributed by atoms with Gasteiger partial charge in [0.2, 0.25) is 16.1 Å². The van der Waals surface area contributed by atoms with Gasteiger partial charge in [-0.3, -0.25) is 0 Å². The number of nitrogens with one attached hydrogen (secondary N) is 2. The molecule has 2 aromatic carbocycles. The van der Waals surface area contributed by atoms with Crippen LogP contribution in [0.3, 0.4) is 0 Å². The van der Waals surface area contributed by atoms with E-state index in [2.05, 4.69) is 14.9 Å². The molecule has 1 amide bonds. The van der Waals surface area contributed by atoms with Gasteiger partial charge in [0.05, 0.1) is 12.0 Å². The maximum Gasteiger partial charge on any atom is 0.408 e. The van der Waals surface area contributed by atoms with Gasteiger partial charge in [0.25, 0.3) is 0 Å². The summed E-state index contributed by atoms with van der Waals surface area (Å²) in [7, 11) is -2.08. The molecule has 2 heterocycles. The molecule has 0 bridgehead atoms. The number of rotatable bonds is 11. The third-order valence-corrected chi connectivity index (χ3v) is 8.99. The summed E-state index contributed by atoms with van der Waals surface area (Å²) in [6.45, 7) is 6.08. The van der Waals surface area contributed by atoms with Crippen LogP contribution in [0, 0.1) is 5.41 Å². The standard InChI is InChI=1S/C29H39N3O7S/c1-29(2)20-38-27(33)26(29)39-28(34)30-23(19-21-7-5-4-6-8-21)15-18-32-16-13-22(14-17-32)31-40(35,36)25-11-9-24(37-3)10-12-25/h4-12,22-23,26,31H,13-20H2,1-3H3,(H,30,34)/t23-,26?/m1/s1. The second kappa shape index (κ2) is 13.0. The highest BCUT2D eigenvalue weighted by atomic mass is 32.2. The van der Waals surface area contributed by atoms with E-state index in [1.165, 1.54) is 19.2 Å². The van der Waals surface area contributed by atoms with Crippen molar-refractivity contribution in [2.45, 2.75) is 62.6 Å². The van der Waals surface area contributed by atoms with Gasteiger partial charge in [0.1, 0.15) is 12.4 Å². The fraction of sp³-hybridized carbons (Fsp3) is 0.517. The number of hydrogen-bond donors (Lipinski definition) is 2. The highest BCUT2D eigenvalue weighted by molar-refractivity contribution is 7.89. The van der Waals surface area contributed by atoms with E-state index in [0.717, 1.165) is 25.2 Å². The molecule has 11 heteroatoms. The molecule has 0 saturated carbocycles. The minimum Gasteiger partial charge on any atom is -0.497 e. The number of nitrogens with zero attached hydrogens (tertiary/aromatic N) is 1. The van der Waals surface area contributed by atoms with Crippen LogP contribution in [0.4, 0.5) is 4.79 Å². The zero-order chi connectivity index (χ0) is 28.8. The van der Waals surface area contributed by atoms with Crippen LogP contribution in [-0.2, 0) is 30.7 Å². The first kappa shape index (κ1) is 29.8. The van der Waals surface area contributed by atoms with Crippen molar-refractivity contribution < 1.29 is 32.2 Å². The molecular weight excluding hydrogens is 534 g/mol. The lowest BCUT2D eigenvalue weighted by atomic mass is 9.90. The molecule has 0 aliphatic carbocycles. The normalized spacial score (nSPS) is 20.5. The molecule has 2 aliphatic rings. The summed E-state index contributed by atoms with van der Waals surface area (Å²) < 4.78 is 44.1. The van der Waals surface area contributed by atoms with Crippen LogP contribution in [0.5, 0.6) is 5.75 Å². The van der Waals surface area contributed by atoms with Gasteiger partial charge in [0.15, 0.2) is 0 Å². The second-order valence-electron chi connectivity index (χ2n) is 11.1. The molecule has 2 N–H and O–H groups in total. The monoisotopic (exact) mass is 573 g/mol. The molecule has 4 rings (SSSR count). The van der Waals surface area contributed by atoms with E-state index in [0.29, 0.717) is 31.4 Å². The van der Waals surface area contributed by atoms with Crippen molar-refractivity contribution in [3.8, 4) is 5.75 Å². The first-order valence-electron chi connectivity index (χ1n) is 13.6. The van der Waals surface area contributed by atoms with Gasteiger partial charge in [-0.2, -0.15) is 0 Å². The van der Waals surface area contributed by atoms with Crippen molar-refractivity contribution in [2.75, 3.05) is 33.4 Å². The van der Waals surface area contributed by atoms with Gasteiger partial charge < -0.3 is 24.4 Å². The first-order chi connectivity index (χ1) is 19.1. The fourth-order valence-corrected chi connectivity index (χ4v) is 6.33. The SMILES string of the molecule is COc1ccc(S(=O)(=O)NC2CCN(CC[C@H](Cc3ccccc3)NC(=O)OC3C(=O)OCC3(C)C)CC2)cc1. The Kier molecular flexibility index (Phi) is 9.70. The Morgan fingerprint density at radius 3 is 2.38 bits per heavy atom. The van der Waals surface area contributed by atoms with Crippen LogP contribution in [-0.4, -0.2) is 76.9 Å². The summed E-state index contributed by atoms with van der Waals surface area (Å²) in [5.74, 6) is 0.0794. The van der Waals surface area contributed by atoms with Crippen LogP contribution in [0.25, 0.3) is 0 Å². The largest absolute Gasteiger partial charge is 0.497 e. The van der Waals surface area contributed by atoms with Gasteiger partial charge in [-0.25, -0.2) is 22.7 Å². The predicted molar refractivity (Wildman–Crippen MR) is 149 cm³/mol. The number of benzene rings is 2. The van der Waals surface area contributed by atoms with Gasteiger partial charge in [-0.05, 0) is 68.6 Å². The molecule has 10 nitrogen and oxygen atoms in total. The lowest BCUT2D eigenvalue weighted by Crippen LogP contribution is -2.47. The summed E-state index contributed by atoms with van der Waals surface area (Å²) >= 11 is 0. The smallest absolute Gasteiger partial charge is 0.408 e. The van der Waals surface area contributed by atoms with Crippen LogP contribution < -0.4 is 14.8 Å². The molecule has 1 unspecified atom stereocenters. The van der Waals surface area contributed by atoms with E-state index < -0.39 is 33.6 Å². The van der Waals surface area contributed by atoms with E-state index in [1.54, 1.807) is 12.1 Å². The van der Waals surface area contributed by atoms with Crippen LogP contribution in [0.1, 0.15) is 38.7 Å². The Balaban J connectivity index is 1.29. The van der Waals surface area contributed by atoms with Gasteiger partial charge >= 0.3 is 12.1 Å². The number of alkyl carbamates (subject to hydrolysis) is 1. The number of piperidine rings is 1. The van der Waals surface area contributed by atoms with Crippen molar-refractivity contribution >= 4 is 22.1 Å². The summed E-state index contributed by atoms with van der Waals surface area (Å²) in [6, 6.07) is 15.9. The Morgan fingerprint density at radius 2 is 1.77 bits per heavy atom. The number of methoxy groups -OCH3 is 1. The molecule has 2 atom stereocenters. The van der Waals surface area contributed by atoms with Crippen LogP contribution in [0.15, 0.2) is 59.5 Å². The van der Waals surface area contributed by atoms with E-state index >= 15 is 0 Å². The number of sulfonamides is 1. The quantitative estimate of drug-likeness (QED) is 0.393. The van der Waals surface area contributed by atoms with E-state index in [1.807, 2.05) is 44.2 Å². The molecule has 218 valence electrons. The molecule has 40 heavy (non-hydrogen) atoms. The molecule has 0 spiro atoms. The second-order valence-corrected chi connectivity index (χ2v) is 12.8. The Labute approximate surface area is 236 Å². The molecule has 2 aliphatic heterocycles. The lowest BCUT2D eigenvalue weighted by Gasteiger charge is -2.33. The zero-order valence-electron chi connectivity index (χ0n) is 23.3. The fourth-order valence-electron chi connectivity index (χ4n) is 5.02. The molecule has 2 fully saturated rings. The average Bonchev–Trinajstić information content (AvgIpc) is 3.19. The number of ether oxygens (including phenoxy) is 3. The Bertz CT molecular complexity index is 1240. The summed E-state index contributed by atoms with van der Waals surface area (Å²) in [4.78, 5) is 27.4. The van der Waals surface area contributed by atoms with Crippen molar-refractivity contribution in [3.63, 3.8) is 0 Å². The Morgan fingerprint density at radius 1 is 1.10 bits per heavy atom. The van der Waals surface area contributed by atoms with Gasteiger partial charge in [-0.1, -0.05) is 44.2 Å². The number of cyclic esters (lactones) is 1. The highest BCUT2D eigenvalue weighted by Gasteiger charge is 2.46. The van der Waals surface area contributed by atoms with Crippen molar-refractivity contribution in [1.82, 2.24) is 14.9 Å². The average molecular weight is 574 g/mol. The van der Waals surface area contributed by atoms with Crippen LogP contribution in [0.2, 0.25) is 0 Å². The topological polar surface area (TPSA) is 123 Å². The molecule has 0 radical (unpaired) electrons. The van der Waals surface area contributed by atoms with E-state index in [9.17, 15) is 18.0 Å². The number of carbonyl (C=O) groups is 2. The Hall–Kier alpha value is -3.15. The van der Waals surface area contributed by atoms with E-state index in [4.69, 9.17) is 14.2 Å². The third kappa shape index (κ3) is 7.96. The number of carbonyl (C=O) groups excluding carboxylic acids is 2. The maximum atomic E-state index is 12.8. The first-order valence-corrected chi connectivity index (χ1v) is 15.1. The third-order valence-electron chi connectivity index (χ3n) is 7.45. The molecule has 0 aromatic heterocycles. The van der Waals surface area contributed by atoms with E-state index in [-0.39, 0.29) is 23.6 Å². The minimum absolute atomic E-state index is 0.147. The highest BCUT2D eigenvalue weighted by Crippen LogP contribution is 2.31. The van der Waals surface area contributed by atoms with Crippen LogP contribution >= 0.6 is 0 Å². The summed E-state index contributed by atoms with van der Waals surface area (Å²) in [5.41, 5.74) is 0.503. The molecule has 2 aromatic rings. The maximum absolute atomic E-state index is 12.8. The summed E-state index contributed by atoms with van der Waals surface area (Å²) in [6.07, 6.45) is 1.09. The number of hydrogen-bond acceptors (Lipinski definition) is 8. The number of amides is 1. The van der Waals surface area contributed by atoms with Gasteiger partial charge in [-0.15, -0.1) is 0 Å². The molecule has 2 saturated heterocycles. The van der Waals surface area contributed by atoms with Gasteiger partial charge in [0, 0.05) is 24.0 Å². The number of esters is 1. The van der Waals surface area contributed by atoms with Crippen molar-refractivity contribution in [3.05, 3.63) is 60.2 Å². The number of likely N-dealkylation sites (tertiary alicyclic amines) is 1.